The molecule has 2 heteroatoms. The van der Waals surface area contributed by atoms with Crippen molar-refractivity contribution < 1.29 is 4.79 Å². The second kappa shape index (κ2) is 3.74. The fourth-order valence-corrected chi connectivity index (χ4v) is 0.544. The van der Waals surface area contributed by atoms with Crippen LogP contribution < -0.4 is 5.32 Å². The molecule has 70 valence electrons. The zero-order valence-corrected chi connectivity index (χ0v) is 8.69. The second-order valence-electron chi connectivity index (χ2n) is 4.11. The molecule has 0 aromatic carbocycles. The monoisotopic (exact) mass is 169 g/mol. The molecule has 0 bridgehead atoms. The largest absolute Gasteiger partial charge is 0.347 e. The number of rotatable bonds is 3. The van der Waals surface area contributed by atoms with E-state index in [0.29, 0.717) is 11.5 Å². The summed E-state index contributed by atoms with van der Waals surface area (Å²) in [7, 11) is 0. The molecule has 1 amide bonds. The van der Waals surface area contributed by atoms with E-state index < -0.39 is 0 Å². The predicted molar refractivity (Wildman–Crippen MR) is 51.9 cm³/mol. The third-order valence-electron chi connectivity index (χ3n) is 2.27. The van der Waals surface area contributed by atoms with Crippen LogP contribution in [0.2, 0.25) is 0 Å². The fraction of sp³-hybridized carbons (Fsp3) is 0.700. The van der Waals surface area contributed by atoms with Crippen molar-refractivity contribution in [3.63, 3.8) is 0 Å². The summed E-state index contributed by atoms with van der Waals surface area (Å²) in [5.74, 6) is 0.356. The van der Waals surface area contributed by atoms with Gasteiger partial charge in [0.2, 0.25) is 5.91 Å². The maximum absolute atomic E-state index is 11.3. The minimum absolute atomic E-state index is 0.0614. The van der Waals surface area contributed by atoms with Gasteiger partial charge < -0.3 is 5.32 Å². The maximum Gasteiger partial charge on any atom is 0.246 e. The quantitative estimate of drug-likeness (QED) is 0.644. The summed E-state index contributed by atoms with van der Waals surface area (Å²) in [4.78, 5) is 11.3. The number of nitrogens with one attached hydrogen (secondary N) is 1. The minimum atomic E-state index is -0.157. The van der Waals surface area contributed by atoms with Crippen molar-refractivity contribution in [3.8, 4) is 0 Å². The summed E-state index contributed by atoms with van der Waals surface area (Å²) in [5.41, 5.74) is 0.402. The van der Waals surface area contributed by atoms with Crippen LogP contribution in [0.3, 0.4) is 0 Å². The van der Waals surface area contributed by atoms with Crippen molar-refractivity contribution in [2.45, 2.75) is 40.2 Å². The zero-order chi connectivity index (χ0) is 9.94. The Balaban J connectivity index is 4.25. The van der Waals surface area contributed by atoms with Gasteiger partial charge in [0.05, 0.1) is 0 Å². The van der Waals surface area contributed by atoms with Gasteiger partial charge in [-0.05, 0) is 26.7 Å². The first-order chi connectivity index (χ1) is 5.27. The average molecular weight is 169 g/mol. The van der Waals surface area contributed by atoms with Gasteiger partial charge in [0, 0.05) is 11.1 Å². The molecule has 0 radical (unpaired) electrons. The highest BCUT2D eigenvalue weighted by atomic mass is 16.1. The van der Waals surface area contributed by atoms with Crippen LogP contribution in [0.15, 0.2) is 12.2 Å². The van der Waals surface area contributed by atoms with Crippen LogP contribution in [-0.4, -0.2) is 11.4 Å². The smallest absolute Gasteiger partial charge is 0.246 e. The van der Waals surface area contributed by atoms with Crippen molar-refractivity contribution in [2.75, 3.05) is 0 Å². The third kappa shape index (κ3) is 3.07. The van der Waals surface area contributed by atoms with Crippen LogP contribution in [0.25, 0.3) is 0 Å². The molecule has 0 saturated heterocycles. The minimum Gasteiger partial charge on any atom is -0.347 e. The summed E-state index contributed by atoms with van der Waals surface area (Å²) in [6.07, 6.45) is 0. The molecule has 0 heterocycles. The van der Waals surface area contributed by atoms with Gasteiger partial charge >= 0.3 is 0 Å². The fourth-order valence-electron chi connectivity index (χ4n) is 0.544. The molecule has 0 saturated carbocycles. The van der Waals surface area contributed by atoms with E-state index in [0.717, 1.165) is 0 Å². The van der Waals surface area contributed by atoms with E-state index in [4.69, 9.17) is 0 Å². The Hall–Kier alpha value is -0.790. The predicted octanol–water partition coefficient (Wildman–Crippen LogP) is 2.11. The highest BCUT2D eigenvalue weighted by Crippen LogP contribution is 2.15. The Morgan fingerprint density at radius 3 is 2.08 bits per heavy atom. The van der Waals surface area contributed by atoms with Crippen LogP contribution in [-0.2, 0) is 4.79 Å². The first-order valence-electron chi connectivity index (χ1n) is 4.25. The molecule has 0 aromatic heterocycles. The van der Waals surface area contributed by atoms with Crippen LogP contribution in [0.5, 0.6) is 0 Å². The lowest BCUT2D eigenvalue weighted by Crippen LogP contribution is -2.47. The number of hydrogen-bond acceptors (Lipinski definition) is 1. The van der Waals surface area contributed by atoms with Crippen molar-refractivity contribution in [1.82, 2.24) is 5.32 Å². The van der Waals surface area contributed by atoms with Crippen molar-refractivity contribution in [1.29, 1.82) is 0 Å². The van der Waals surface area contributed by atoms with E-state index in [1.54, 1.807) is 6.92 Å². The van der Waals surface area contributed by atoms with Gasteiger partial charge in [-0.25, -0.2) is 0 Å². The molecule has 0 fully saturated rings. The summed E-state index contributed by atoms with van der Waals surface area (Å²) in [6.45, 7) is 13.5. The Labute approximate surface area is 75.0 Å². The summed E-state index contributed by atoms with van der Waals surface area (Å²) >= 11 is 0. The number of carbonyl (C=O) groups is 1. The van der Waals surface area contributed by atoms with Gasteiger partial charge in [-0.2, -0.15) is 0 Å². The normalized spacial score (nSPS) is 11.5. The molecule has 12 heavy (non-hydrogen) atoms. The Bertz CT molecular complexity index is 192. The molecule has 0 rings (SSSR count). The van der Waals surface area contributed by atoms with Crippen molar-refractivity contribution in [2.24, 2.45) is 5.92 Å². The Kier molecular flexibility index (Phi) is 3.50. The first-order valence-corrected chi connectivity index (χ1v) is 4.25. The van der Waals surface area contributed by atoms with Crippen LogP contribution in [0, 0.1) is 5.92 Å². The van der Waals surface area contributed by atoms with E-state index >= 15 is 0 Å². The van der Waals surface area contributed by atoms with Gasteiger partial charge in [0.15, 0.2) is 0 Å². The van der Waals surface area contributed by atoms with E-state index in [1.165, 1.54) is 0 Å². The van der Waals surface area contributed by atoms with Crippen molar-refractivity contribution >= 4 is 5.91 Å². The van der Waals surface area contributed by atoms with E-state index in [2.05, 4.69) is 25.7 Å². The molecule has 0 spiro atoms. The molecular weight excluding hydrogens is 150 g/mol. The maximum atomic E-state index is 11.3. The molecule has 1 N–H and O–H groups in total. The highest BCUT2D eigenvalue weighted by Gasteiger charge is 2.23. The molecule has 0 atom stereocenters. The average Bonchev–Trinajstić information content (AvgIpc) is 1.85. The lowest BCUT2D eigenvalue weighted by molar-refractivity contribution is -0.119. The molecule has 0 aliphatic rings. The SMILES string of the molecule is C=C(C)C(=O)NC(C)(C)C(C)C. The van der Waals surface area contributed by atoms with Crippen molar-refractivity contribution in [3.05, 3.63) is 12.2 Å². The Morgan fingerprint density at radius 2 is 1.83 bits per heavy atom. The topological polar surface area (TPSA) is 29.1 Å². The lowest BCUT2D eigenvalue weighted by Gasteiger charge is -2.30. The zero-order valence-electron chi connectivity index (χ0n) is 8.69. The van der Waals surface area contributed by atoms with Gasteiger partial charge in [-0.15, -0.1) is 0 Å². The second-order valence-corrected chi connectivity index (χ2v) is 4.11. The number of hydrogen-bond donors (Lipinski definition) is 1. The van der Waals surface area contributed by atoms with E-state index in [1.807, 2.05) is 13.8 Å². The number of amides is 1. The first kappa shape index (κ1) is 11.2. The molecule has 0 aliphatic carbocycles. The van der Waals surface area contributed by atoms with E-state index in [-0.39, 0.29) is 11.4 Å². The van der Waals surface area contributed by atoms with Gasteiger partial charge in [0.1, 0.15) is 0 Å². The molecule has 0 unspecified atom stereocenters. The molecule has 0 aliphatic heterocycles. The summed E-state index contributed by atoms with van der Waals surface area (Å²) in [5, 5.41) is 2.92. The van der Waals surface area contributed by atoms with E-state index in [9.17, 15) is 4.79 Å². The third-order valence-corrected chi connectivity index (χ3v) is 2.27. The van der Waals surface area contributed by atoms with Gasteiger partial charge in [-0.3, -0.25) is 4.79 Å². The van der Waals surface area contributed by atoms with Crippen LogP contribution in [0.4, 0.5) is 0 Å². The standard InChI is InChI=1S/C10H19NO/c1-7(2)9(12)11-10(5,6)8(3)4/h8H,1H2,2-6H3,(H,11,12). The summed E-state index contributed by atoms with van der Waals surface area (Å²) < 4.78 is 0. The number of carbonyl (C=O) groups excluding carboxylic acids is 1. The van der Waals surface area contributed by atoms with Gasteiger partial charge in [-0.1, -0.05) is 20.4 Å². The van der Waals surface area contributed by atoms with Crippen LogP contribution in [0.1, 0.15) is 34.6 Å². The lowest BCUT2D eigenvalue weighted by atomic mass is 9.90. The Morgan fingerprint density at radius 1 is 1.42 bits per heavy atom. The molecule has 2 nitrogen and oxygen atoms in total. The molecule has 0 aromatic rings. The van der Waals surface area contributed by atoms with Gasteiger partial charge in [0.25, 0.3) is 0 Å². The highest BCUT2D eigenvalue weighted by molar-refractivity contribution is 5.92. The molecular formula is C10H19NO. The summed E-state index contributed by atoms with van der Waals surface area (Å²) in [6, 6.07) is 0. The van der Waals surface area contributed by atoms with Crippen LogP contribution >= 0.6 is 0 Å².